The van der Waals surface area contributed by atoms with Gasteiger partial charge in [-0.05, 0) is 52.7 Å². The van der Waals surface area contributed by atoms with Crippen molar-refractivity contribution in [1.29, 1.82) is 0 Å². The molecule has 1 N–H and O–H groups in total. The Balaban J connectivity index is 2.36. The molecule has 0 aromatic carbocycles. The Labute approximate surface area is 101 Å². The number of methoxy groups -OCH3 is 1. The minimum atomic E-state index is 0.0142. The van der Waals surface area contributed by atoms with E-state index in [1.54, 1.807) is 7.11 Å². The zero-order valence-corrected chi connectivity index (χ0v) is 11.4. The van der Waals surface area contributed by atoms with E-state index in [9.17, 15) is 0 Å². The summed E-state index contributed by atoms with van der Waals surface area (Å²) in [5.41, 5.74) is 0.0142. The molecule has 0 unspecified atom stereocenters. The molecular weight excluding hydrogens is 200 g/mol. The molecule has 0 aromatic heterocycles. The summed E-state index contributed by atoms with van der Waals surface area (Å²) in [6.07, 6.45) is 3.70. The molecule has 3 nitrogen and oxygen atoms in total. The highest BCUT2D eigenvalue weighted by atomic mass is 16.5. The molecule has 1 aliphatic rings. The van der Waals surface area contributed by atoms with Crippen molar-refractivity contribution in [3.05, 3.63) is 0 Å². The summed E-state index contributed by atoms with van der Waals surface area (Å²) < 4.78 is 5.48. The van der Waals surface area contributed by atoms with E-state index in [1.807, 2.05) is 0 Å². The van der Waals surface area contributed by atoms with Crippen molar-refractivity contribution in [2.45, 2.75) is 51.7 Å². The molecule has 16 heavy (non-hydrogen) atoms. The van der Waals surface area contributed by atoms with E-state index in [-0.39, 0.29) is 5.60 Å². The zero-order chi connectivity index (χ0) is 12.0. The van der Waals surface area contributed by atoms with Gasteiger partial charge < -0.3 is 15.0 Å². The van der Waals surface area contributed by atoms with Gasteiger partial charge in [-0.25, -0.2) is 0 Å². The third-order valence-electron chi connectivity index (χ3n) is 3.78. The van der Waals surface area contributed by atoms with Gasteiger partial charge in [0.05, 0.1) is 5.60 Å². The lowest BCUT2D eigenvalue weighted by Gasteiger charge is -2.35. The molecule has 1 rings (SSSR count). The predicted octanol–water partition coefficient (Wildman–Crippen LogP) is 1.88. The van der Waals surface area contributed by atoms with Crippen LogP contribution >= 0.6 is 0 Å². The average Bonchev–Trinajstić information content (AvgIpc) is 2.31. The van der Waals surface area contributed by atoms with Gasteiger partial charge in [-0.1, -0.05) is 6.92 Å². The SMILES string of the molecule is CCN(CCC(C)(C)OC)C1CCNCC1. The van der Waals surface area contributed by atoms with Gasteiger partial charge in [0.25, 0.3) is 0 Å². The van der Waals surface area contributed by atoms with Crippen LogP contribution < -0.4 is 5.32 Å². The Hall–Kier alpha value is -0.120. The molecule has 96 valence electrons. The van der Waals surface area contributed by atoms with Crippen molar-refractivity contribution in [2.24, 2.45) is 0 Å². The summed E-state index contributed by atoms with van der Waals surface area (Å²) in [7, 11) is 1.81. The van der Waals surface area contributed by atoms with Gasteiger partial charge in [-0.15, -0.1) is 0 Å². The molecule has 0 radical (unpaired) electrons. The second-order valence-electron chi connectivity index (χ2n) is 5.32. The molecule has 0 aliphatic carbocycles. The first-order chi connectivity index (χ1) is 7.59. The second kappa shape index (κ2) is 6.58. The number of rotatable bonds is 6. The Kier molecular flexibility index (Phi) is 5.73. The Morgan fingerprint density at radius 2 is 1.94 bits per heavy atom. The molecule has 1 fully saturated rings. The second-order valence-corrected chi connectivity index (χ2v) is 5.32. The van der Waals surface area contributed by atoms with Crippen LogP contribution in [0.1, 0.15) is 40.0 Å². The summed E-state index contributed by atoms with van der Waals surface area (Å²) in [4.78, 5) is 2.61. The minimum Gasteiger partial charge on any atom is -0.379 e. The van der Waals surface area contributed by atoms with Gasteiger partial charge in [0.2, 0.25) is 0 Å². The third-order valence-corrected chi connectivity index (χ3v) is 3.78. The summed E-state index contributed by atoms with van der Waals surface area (Å²) in [6.45, 7) is 11.3. The molecule has 0 spiro atoms. The van der Waals surface area contributed by atoms with Gasteiger partial charge in [0.15, 0.2) is 0 Å². The van der Waals surface area contributed by atoms with Crippen LogP contribution in [0.15, 0.2) is 0 Å². The molecule has 1 aliphatic heterocycles. The first-order valence-corrected chi connectivity index (χ1v) is 6.59. The summed E-state index contributed by atoms with van der Waals surface area (Å²) in [5.74, 6) is 0. The number of ether oxygens (including phenoxy) is 1. The van der Waals surface area contributed by atoms with E-state index in [0.29, 0.717) is 0 Å². The number of nitrogens with zero attached hydrogens (tertiary/aromatic N) is 1. The van der Waals surface area contributed by atoms with Crippen molar-refractivity contribution < 1.29 is 4.74 Å². The molecule has 0 atom stereocenters. The van der Waals surface area contributed by atoms with Crippen molar-refractivity contribution in [2.75, 3.05) is 33.3 Å². The fraction of sp³-hybridized carbons (Fsp3) is 1.00. The maximum absolute atomic E-state index is 5.48. The first-order valence-electron chi connectivity index (χ1n) is 6.59. The highest BCUT2D eigenvalue weighted by Gasteiger charge is 2.23. The Morgan fingerprint density at radius 3 is 2.44 bits per heavy atom. The van der Waals surface area contributed by atoms with Crippen molar-refractivity contribution >= 4 is 0 Å². The lowest BCUT2D eigenvalue weighted by molar-refractivity contribution is 0.00305. The van der Waals surface area contributed by atoms with Crippen molar-refractivity contribution in [1.82, 2.24) is 10.2 Å². The van der Waals surface area contributed by atoms with E-state index >= 15 is 0 Å². The van der Waals surface area contributed by atoms with Gasteiger partial charge in [-0.2, -0.15) is 0 Å². The highest BCUT2D eigenvalue weighted by molar-refractivity contribution is 4.79. The predicted molar refractivity (Wildman–Crippen MR) is 68.8 cm³/mol. The van der Waals surface area contributed by atoms with Crippen molar-refractivity contribution in [3.8, 4) is 0 Å². The van der Waals surface area contributed by atoms with E-state index in [1.165, 1.54) is 25.9 Å². The van der Waals surface area contributed by atoms with Crippen LogP contribution in [-0.4, -0.2) is 49.8 Å². The van der Waals surface area contributed by atoms with Gasteiger partial charge in [0, 0.05) is 19.7 Å². The standard InChI is InChI=1S/C13H28N2O/c1-5-15(11-8-13(2,3)16-4)12-6-9-14-10-7-12/h12,14H,5-11H2,1-4H3. The topological polar surface area (TPSA) is 24.5 Å². The monoisotopic (exact) mass is 228 g/mol. The largest absolute Gasteiger partial charge is 0.379 e. The van der Waals surface area contributed by atoms with Crippen molar-refractivity contribution in [3.63, 3.8) is 0 Å². The molecule has 0 bridgehead atoms. The van der Waals surface area contributed by atoms with Crippen LogP contribution in [0.4, 0.5) is 0 Å². The van der Waals surface area contributed by atoms with Gasteiger partial charge in [0.1, 0.15) is 0 Å². The van der Waals surface area contributed by atoms with Crippen LogP contribution in [0.5, 0.6) is 0 Å². The van der Waals surface area contributed by atoms with Crippen LogP contribution in [0.3, 0.4) is 0 Å². The molecule has 0 amide bonds. The van der Waals surface area contributed by atoms with E-state index < -0.39 is 0 Å². The Bertz CT molecular complexity index is 188. The van der Waals surface area contributed by atoms with Gasteiger partial charge >= 0.3 is 0 Å². The van der Waals surface area contributed by atoms with E-state index in [0.717, 1.165) is 25.6 Å². The maximum atomic E-state index is 5.48. The first kappa shape index (κ1) is 13.9. The van der Waals surface area contributed by atoms with Crippen LogP contribution in [0.2, 0.25) is 0 Å². The lowest BCUT2D eigenvalue weighted by Crippen LogP contribution is -2.44. The number of hydrogen-bond donors (Lipinski definition) is 1. The molecule has 0 saturated carbocycles. The van der Waals surface area contributed by atoms with Gasteiger partial charge in [-0.3, -0.25) is 0 Å². The van der Waals surface area contributed by atoms with E-state index in [2.05, 4.69) is 31.0 Å². The van der Waals surface area contributed by atoms with Crippen LogP contribution in [0, 0.1) is 0 Å². The smallest absolute Gasteiger partial charge is 0.0634 e. The number of piperidine rings is 1. The summed E-state index contributed by atoms with van der Waals surface area (Å²) >= 11 is 0. The fourth-order valence-corrected chi connectivity index (χ4v) is 2.29. The lowest BCUT2D eigenvalue weighted by atomic mass is 10.0. The average molecular weight is 228 g/mol. The van der Waals surface area contributed by atoms with Crippen LogP contribution in [-0.2, 0) is 4.74 Å². The molecule has 1 saturated heterocycles. The fourth-order valence-electron chi connectivity index (χ4n) is 2.29. The maximum Gasteiger partial charge on any atom is 0.0634 e. The molecule has 3 heteroatoms. The number of nitrogens with one attached hydrogen (secondary N) is 1. The molecule has 1 heterocycles. The Morgan fingerprint density at radius 1 is 1.31 bits per heavy atom. The molecule has 0 aromatic rings. The summed E-state index contributed by atoms with van der Waals surface area (Å²) in [6, 6.07) is 0.777. The quantitative estimate of drug-likeness (QED) is 0.751. The minimum absolute atomic E-state index is 0.0142. The zero-order valence-electron chi connectivity index (χ0n) is 11.4. The normalized spacial score (nSPS) is 19.3. The van der Waals surface area contributed by atoms with Crippen LogP contribution in [0.25, 0.3) is 0 Å². The molecular formula is C13H28N2O. The third kappa shape index (κ3) is 4.40. The highest BCUT2D eigenvalue weighted by Crippen LogP contribution is 2.17. The van der Waals surface area contributed by atoms with E-state index in [4.69, 9.17) is 4.74 Å². The summed E-state index contributed by atoms with van der Waals surface area (Å²) in [5, 5.41) is 3.43. The number of hydrogen-bond acceptors (Lipinski definition) is 3.